The molecule has 2 aromatic rings. The molecule has 0 spiro atoms. The van der Waals surface area contributed by atoms with Crippen molar-refractivity contribution in [1.82, 2.24) is 9.78 Å². The molecular formula is C14H10F6N2O2. The highest BCUT2D eigenvalue weighted by molar-refractivity contribution is 5.71. The molecule has 10 heteroatoms. The Hall–Kier alpha value is -2.52. The van der Waals surface area contributed by atoms with Crippen LogP contribution in [0.5, 0.6) is 0 Å². The van der Waals surface area contributed by atoms with E-state index in [0.29, 0.717) is 12.1 Å². The van der Waals surface area contributed by atoms with Gasteiger partial charge in [0.05, 0.1) is 16.8 Å². The van der Waals surface area contributed by atoms with E-state index in [-0.39, 0.29) is 11.8 Å². The summed E-state index contributed by atoms with van der Waals surface area (Å²) in [5.74, 6) is -1.25. The Morgan fingerprint density at radius 2 is 1.58 bits per heavy atom. The molecule has 0 aliphatic rings. The second-order valence-corrected chi connectivity index (χ2v) is 4.99. The fraction of sp³-hybridized carbons (Fsp3) is 0.286. The van der Waals surface area contributed by atoms with Crippen molar-refractivity contribution in [1.29, 1.82) is 0 Å². The van der Waals surface area contributed by atoms with Crippen LogP contribution < -0.4 is 0 Å². The van der Waals surface area contributed by atoms with Gasteiger partial charge in [-0.05, 0) is 31.2 Å². The second kappa shape index (κ2) is 5.84. The zero-order valence-electron chi connectivity index (χ0n) is 12.0. The molecule has 0 aliphatic carbocycles. The van der Waals surface area contributed by atoms with Crippen LogP contribution in [0.4, 0.5) is 26.3 Å². The molecule has 1 unspecified atom stereocenters. The number of rotatable bonds is 3. The summed E-state index contributed by atoms with van der Waals surface area (Å²) in [6, 6.07) is 1.11. The second-order valence-electron chi connectivity index (χ2n) is 4.99. The first kappa shape index (κ1) is 17.8. The fourth-order valence-corrected chi connectivity index (χ4v) is 1.92. The van der Waals surface area contributed by atoms with E-state index in [0.717, 1.165) is 10.7 Å². The molecule has 2 rings (SSSR count). The van der Waals surface area contributed by atoms with E-state index < -0.39 is 41.1 Å². The molecule has 1 atom stereocenters. The molecule has 0 fully saturated rings. The van der Waals surface area contributed by atoms with Crippen molar-refractivity contribution in [3.63, 3.8) is 0 Å². The van der Waals surface area contributed by atoms with E-state index >= 15 is 0 Å². The standard InChI is InChI=1S/C14H10F6N2O2/c1-7(12(23)24)22-3-2-11(21-22)8-4-9(13(15,16)17)6-10(5-8)14(18,19)20/h2-7H,1H3,(H,23,24). The lowest BCUT2D eigenvalue weighted by Gasteiger charge is -2.13. The maximum absolute atomic E-state index is 12.8. The van der Waals surface area contributed by atoms with Crippen molar-refractivity contribution in [2.45, 2.75) is 25.3 Å². The normalized spacial score (nSPS) is 13.8. The predicted molar refractivity (Wildman–Crippen MR) is 70.0 cm³/mol. The molecule has 0 saturated heterocycles. The predicted octanol–water partition coefficient (Wildman–Crippen LogP) is 4.23. The van der Waals surface area contributed by atoms with E-state index in [1.54, 1.807) is 0 Å². The van der Waals surface area contributed by atoms with Gasteiger partial charge in [-0.3, -0.25) is 4.68 Å². The molecule has 24 heavy (non-hydrogen) atoms. The largest absolute Gasteiger partial charge is 0.480 e. The van der Waals surface area contributed by atoms with Gasteiger partial charge in [0.2, 0.25) is 0 Å². The van der Waals surface area contributed by atoms with Gasteiger partial charge in [0.1, 0.15) is 6.04 Å². The van der Waals surface area contributed by atoms with Gasteiger partial charge < -0.3 is 5.11 Å². The van der Waals surface area contributed by atoms with Crippen LogP contribution in [0, 0.1) is 0 Å². The van der Waals surface area contributed by atoms with Crippen LogP contribution in [0.15, 0.2) is 30.5 Å². The van der Waals surface area contributed by atoms with Gasteiger partial charge in [-0.15, -0.1) is 0 Å². The fourth-order valence-electron chi connectivity index (χ4n) is 1.92. The number of halogens is 6. The SMILES string of the molecule is CC(C(=O)O)n1ccc(-c2cc(C(F)(F)F)cc(C(F)(F)F)c2)n1. The minimum Gasteiger partial charge on any atom is -0.480 e. The van der Waals surface area contributed by atoms with Gasteiger partial charge in [-0.25, -0.2) is 4.79 Å². The third-order valence-corrected chi connectivity index (χ3v) is 3.25. The number of carboxylic acids is 1. The molecule has 4 nitrogen and oxygen atoms in total. The Bertz CT molecular complexity index is 731. The molecule has 0 amide bonds. The summed E-state index contributed by atoms with van der Waals surface area (Å²) in [4.78, 5) is 10.9. The Labute approximate surface area is 131 Å². The number of hydrogen-bond donors (Lipinski definition) is 1. The first-order valence-corrected chi connectivity index (χ1v) is 6.47. The van der Waals surface area contributed by atoms with Crippen LogP contribution in [0.3, 0.4) is 0 Å². The molecule has 1 N–H and O–H groups in total. The van der Waals surface area contributed by atoms with E-state index in [9.17, 15) is 31.1 Å². The van der Waals surface area contributed by atoms with Gasteiger partial charge in [0.25, 0.3) is 0 Å². The molecule has 0 bridgehead atoms. The highest BCUT2D eigenvalue weighted by Gasteiger charge is 2.37. The van der Waals surface area contributed by atoms with Gasteiger partial charge in [-0.2, -0.15) is 31.4 Å². The lowest BCUT2D eigenvalue weighted by molar-refractivity contribution is -0.143. The third kappa shape index (κ3) is 3.69. The maximum atomic E-state index is 12.8. The quantitative estimate of drug-likeness (QED) is 0.841. The molecule has 0 saturated carbocycles. The first-order valence-electron chi connectivity index (χ1n) is 6.47. The number of benzene rings is 1. The van der Waals surface area contributed by atoms with Crippen molar-refractivity contribution >= 4 is 5.97 Å². The monoisotopic (exact) mass is 352 g/mol. The minimum atomic E-state index is -4.97. The summed E-state index contributed by atoms with van der Waals surface area (Å²) in [6.45, 7) is 1.27. The number of hydrogen-bond acceptors (Lipinski definition) is 2. The summed E-state index contributed by atoms with van der Waals surface area (Å²) in [5.41, 5.74) is -3.53. The summed E-state index contributed by atoms with van der Waals surface area (Å²) in [7, 11) is 0. The van der Waals surface area contributed by atoms with Gasteiger partial charge in [0.15, 0.2) is 0 Å². The lowest BCUT2D eigenvalue weighted by Crippen LogP contribution is -2.16. The Kier molecular flexibility index (Phi) is 4.34. The van der Waals surface area contributed by atoms with Crippen LogP contribution in [0.25, 0.3) is 11.3 Å². The molecule has 1 aromatic heterocycles. The topological polar surface area (TPSA) is 55.1 Å². The molecule has 1 heterocycles. The van der Waals surface area contributed by atoms with E-state index in [1.165, 1.54) is 13.1 Å². The van der Waals surface area contributed by atoms with Crippen molar-refractivity contribution < 1.29 is 36.2 Å². The minimum absolute atomic E-state index is 0.0143. The Morgan fingerprint density at radius 1 is 1.08 bits per heavy atom. The number of aromatic nitrogens is 2. The van der Waals surface area contributed by atoms with Crippen LogP contribution in [-0.2, 0) is 17.1 Å². The van der Waals surface area contributed by atoms with Gasteiger partial charge in [-0.1, -0.05) is 0 Å². The Morgan fingerprint density at radius 3 is 2.00 bits per heavy atom. The van der Waals surface area contributed by atoms with Gasteiger partial charge in [0, 0.05) is 11.8 Å². The smallest absolute Gasteiger partial charge is 0.416 e. The molecule has 0 aliphatic heterocycles. The maximum Gasteiger partial charge on any atom is 0.416 e. The van der Waals surface area contributed by atoms with Crippen LogP contribution in [0.1, 0.15) is 24.1 Å². The van der Waals surface area contributed by atoms with E-state index in [2.05, 4.69) is 5.10 Å². The van der Waals surface area contributed by atoms with Gasteiger partial charge >= 0.3 is 18.3 Å². The Balaban J connectivity index is 2.56. The number of carbonyl (C=O) groups is 1. The summed E-state index contributed by atoms with van der Waals surface area (Å²) in [6.07, 6.45) is -8.76. The third-order valence-electron chi connectivity index (χ3n) is 3.25. The van der Waals surface area contributed by atoms with Crippen molar-refractivity contribution in [3.05, 3.63) is 41.6 Å². The zero-order chi connectivity index (χ0) is 18.3. The first-order chi connectivity index (χ1) is 10.9. The molecule has 0 radical (unpaired) electrons. The highest BCUT2D eigenvalue weighted by Crippen LogP contribution is 2.38. The van der Waals surface area contributed by atoms with E-state index in [1.807, 2.05) is 0 Å². The molecule has 130 valence electrons. The van der Waals surface area contributed by atoms with Crippen molar-refractivity contribution in [2.24, 2.45) is 0 Å². The van der Waals surface area contributed by atoms with E-state index in [4.69, 9.17) is 5.11 Å². The summed E-state index contributed by atoms with van der Waals surface area (Å²) in [5, 5.41) is 12.6. The summed E-state index contributed by atoms with van der Waals surface area (Å²) >= 11 is 0. The number of nitrogens with zero attached hydrogens (tertiary/aromatic N) is 2. The molecule has 1 aromatic carbocycles. The number of aliphatic carboxylic acids is 1. The van der Waals surface area contributed by atoms with Crippen LogP contribution >= 0.6 is 0 Å². The molecular weight excluding hydrogens is 342 g/mol. The number of carboxylic acid groups (broad SMARTS) is 1. The zero-order valence-corrected chi connectivity index (χ0v) is 12.0. The average Bonchev–Trinajstić information content (AvgIpc) is 2.93. The van der Waals surface area contributed by atoms with Crippen molar-refractivity contribution in [2.75, 3.05) is 0 Å². The van der Waals surface area contributed by atoms with Crippen LogP contribution in [0.2, 0.25) is 0 Å². The lowest BCUT2D eigenvalue weighted by atomic mass is 10.0. The van der Waals surface area contributed by atoms with Crippen molar-refractivity contribution in [3.8, 4) is 11.3 Å². The summed E-state index contributed by atoms with van der Waals surface area (Å²) < 4.78 is 77.9. The highest BCUT2D eigenvalue weighted by atomic mass is 19.4. The average molecular weight is 352 g/mol. The van der Waals surface area contributed by atoms with Crippen LogP contribution in [-0.4, -0.2) is 20.9 Å². The number of alkyl halides is 6.